The molecule has 2 aromatic heterocycles. The van der Waals surface area contributed by atoms with Crippen molar-refractivity contribution in [2.24, 2.45) is 0 Å². The number of esters is 2. The minimum absolute atomic E-state index is 0.0309. The van der Waals surface area contributed by atoms with Gasteiger partial charge in [-0.05, 0) is 74.9 Å². The minimum Gasteiger partial charge on any atom is -0.457 e. The van der Waals surface area contributed by atoms with E-state index in [0.717, 1.165) is 12.8 Å². The first-order chi connectivity index (χ1) is 23.6. The summed E-state index contributed by atoms with van der Waals surface area (Å²) in [5, 5.41) is 23.0. The van der Waals surface area contributed by atoms with E-state index in [1.165, 1.54) is 60.8 Å². The molecule has 0 N–H and O–H groups in total. The van der Waals surface area contributed by atoms with Gasteiger partial charge in [-0.3, -0.25) is 9.59 Å². The lowest BCUT2D eigenvalue weighted by atomic mass is 10.1. The van der Waals surface area contributed by atoms with Gasteiger partial charge in [0.1, 0.15) is 35.4 Å². The van der Waals surface area contributed by atoms with Crippen molar-refractivity contribution in [2.75, 3.05) is 26.3 Å². The highest BCUT2D eigenvalue weighted by molar-refractivity contribution is 8.05. The number of aryl methyl sites for hydroxylation is 3. The van der Waals surface area contributed by atoms with Crippen LogP contribution in [0.2, 0.25) is 0 Å². The zero-order valence-electron chi connectivity index (χ0n) is 27.6. The molecule has 10 nitrogen and oxygen atoms in total. The highest BCUT2D eigenvalue weighted by atomic mass is 32.2. The number of nitriles is 2. The Kier molecular flexibility index (Phi) is 15.9. The summed E-state index contributed by atoms with van der Waals surface area (Å²) in [6, 6.07) is 9.87. The van der Waals surface area contributed by atoms with Crippen molar-refractivity contribution in [3.8, 4) is 12.1 Å². The Hall–Kier alpha value is -4.08. The van der Waals surface area contributed by atoms with Crippen LogP contribution in [0.25, 0.3) is 0 Å². The van der Waals surface area contributed by atoms with E-state index in [-0.39, 0.29) is 46.7 Å². The summed E-state index contributed by atoms with van der Waals surface area (Å²) in [6.07, 6.45) is 5.82. The summed E-state index contributed by atoms with van der Waals surface area (Å²) in [5.41, 5.74) is 1.00. The zero-order valence-corrected chi connectivity index (χ0v) is 30.9. The number of nitrogens with zero attached hydrogens (tertiary/aromatic N) is 4. The molecule has 258 valence electrons. The van der Waals surface area contributed by atoms with Gasteiger partial charge in [0.15, 0.2) is 11.1 Å². The third kappa shape index (κ3) is 10.2. The van der Waals surface area contributed by atoms with Crippen molar-refractivity contribution in [1.82, 2.24) is 9.80 Å². The molecule has 4 heterocycles. The Bertz CT molecular complexity index is 1680. The SMILES string of the molecule is C=CCOC(=O)/C(C#N)=C1\SC(CCc2cccs2)C(=O)N1CC.C=CCOC(=O)/C(C#N)=C1\SC(CCc2sccc2C)C(=O)N1CC. The van der Waals surface area contributed by atoms with Crippen molar-refractivity contribution in [2.45, 2.75) is 57.0 Å². The van der Waals surface area contributed by atoms with Crippen LogP contribution in [0.5, 0.6) is 0 Å². The van der Waals surface area contributed by atoms with Gasteiger partial charge in [-0.15, -0.1) is 22.7 Å². The molecule has 0 saturated carbocycles. The molecule has 49 heavy (non-hydrogen) atoms. The van der Waals surface area contributed by atoms with Crippen molar-refractivity contribution in [1.29, 1.82) is 10.5 Å². The number of thioether (sulfide) groups is 2. The molecule has 2 unspecified atom stereocenters. The van der Waals surface area contributed by atoms with Crippen LogP contribution in [0.3, 0.4) is 0 Å². The molecule has 4 rings (SSSR count). The second-order valence-electron chi connectivity index (χ2n) is 10.4. The smallest absolute Gasteiger partial charge is 0.351 e. The van der Waals surface area contributed by atoms with E-state index >= 15 is 0 Å². The Morgan fingerprint density at radius 2 is 1.35 bits per heavy atom. The molecular weight excluding hydrogens is 701 g/mol. The minimum atomic E-state index is -0.718. The summed E-state index contributed by atoms with van der Waals surface area (Å²) >= 11 is 5.91. The molecule has 0 spiro atoms. The topological polar surface area (TPSA) is 141 Å². The van der Waals surface area contributed by atoms with Crippen LogP contribution in [0, 0.1) is 29.6 Å². The lowest BCUT2D eigenvalue weighted by Crippen LogP contribution is -2.29. The number of rotatable bonds is 14. The molecule has 2 atom stereocenters. The molecule has 0 bridgehead atoms. The monoisotopic (exact) mass is 738 g/mol. The fourth-order valence-corrected chi connectivity index (χ4v) is 9.13. The van der Waals surface area contributed by atoms with Crippen LogP contribution in [0.4, 0.5) is 0 Å². The van der Waals surface area contributed by atoms with Crippen LogP contribution >= 0.6 is 46.2 Å². The van der Waals surface area contributed by atoms with Crippen LogP contribution < -0.4 is 0 Å². The Labute approximate surface area is 303 Å². The zero-order chi connectivity index (χ0) is 35.9. The maximum absolute atomic E-state index is 12.6. The van der Waals surface area contributed by atoms with Crippen molar-refractivity contribution < 1.29 is 28.7 Å². The van der Waals surface area contributed by atoms with E-state index in [0.29, 0.717) is 36.0 Å². The van der Waals surface area contributed by atoms with Crippen LogP contribution in [-0.4, -0.2) is 70.4 Å². The number of carbonyl (C=O) groups is 4. The molecule has 2 aliphatic heterocycles. The van der Waals surface area contributed by atoms with Gasteiger partial charge in [-0.2, -0.15) is 10.5 Å². The number of ether oxygens (including phenoxy) is 2. The van der Waals surface area contributed by atoms with Gasteiger partial charge < -0.3 is 19.3 Å². The highest BCUT2D eigenvalue weighted by Crippen LogP contribution is 2.41. The number of hydrogen-bond donors (Lipinski definition) is 0. The van der Waals surface area contributed by atoms with Crippen molar-refractivity contribution >= 4 is 70.0 Å². The van der Waals surface area contributed by atoms with Crippen LogP contribution in [0.15, 0.2) is 75.5 Å². The first-order valence-electron chi connectivity index (χ1n) is 15.5. The number of hydrogen-bond acceptors (Lipinski definition) is 12. The van der Waals surface area contributed by atoms with Gasteiger partial charge in [-0.25, -0.2) is 9.59 Å². The maximum Gasteiger partial charge on any atom is 0.351 e. The molecule has 14 heteroatoms. The highest BCUT2D eigenvalue weighted by Gasteiger charge is 2.40. The Morgan fingerprint density at radius 1 is 0.837 bits per heavy atom. The standard InChI is InChI=1S/C18H20N2O3S2.C17H18N2O3S2/c1-4-9-23-18(22)13(11-19)17-20(5-2)16(21)15(25-17)7-6-14-12(3)8-10-24-14;1-3-9-22-17(21)13(11-18)16-19(4-2)15(20)14(24-16)8-7-12-6-5-10-23-12/h4,8,10,15H,1,5-7,9H2,2-3H3;3,5-6,10,14H,1,4,7-9H2,2H3/b17-13-;16-13-. The summed E-state index contributed by atoms with van der Waals surface area (Å²) in [6.45, 7) is 13.6. The molecule has 2 saturated heterocycles. The fourth-order valence-electron chi connectivity index (χ4n) is 4.82. The molecule has 0 aliphatic carbocycles. The van der Waals surface area contributed by atoms with Crippen molar-refractivity contribution in [3.63, 3.8) is 0 Å². The summed E-state index contributed by atoms with van der Waals surface area (Å²) in [5.74, 6) is -1.55. The van der Waals surface area contributed by atoms with E-state index in [4.69, 9.17) is 9.47 Å². The van der Waals surface area contributed by atoms with Gasteiger partial charge in [0.05, 0.1) is 10.5 Å². The number of amides is 2. The number of carbonyl (C=O) groups excluding carboxylic acids is 4. The van der Waals surface area contributed by atoms with E-state index < -0.39 is 11.9 Å². The molecule has 2 aliphatic rings. The van der Waals surface area contributed by atoms with Gasteiger partial charge in [-0.1, -0.05) is 54.9 Å². The lowest BCUT2D eigenvalue weighted by molar-refractivity contribution is -0.138. The van der Waals surface area contributed by atoms with E-state index in [1.807, 2.05) is 48.9 Å². The summed E-state index contributed by atoms with van der Waals surface area (Å²) < 4.78 is 9.92. The first kappa shape index (κ1) is 39.4. The van der Waals surface area contributed by atoms with Gasteiger partial charge in [0.25, 0.3) is 0 Å². The van der Waals surface area contributed by atoms with E-state index in [1.54, 1.807) is 22.7 Å². The lowest BCUT2D eigenvalue weighted by Gasteiger charge is -2.15. The number of thiophene rings is 2. The predicted octanol–water partition coefficient (Wildman–Crippen LogP) is 6.53. The average molecular weight is 739 g/mol. The van der Waals surface area contributed by atoms with Gasteiger partial charge in [0, 0.05) is 22.8 Å². The summed E-state index contributed by atoms with van der Waals surface area (Å²) in [7, 11) is 0. The maximum atomic E-state index is 12.6. The Morgan fingerprint density at radius 3 is 1.73 bits per heavy atom. The molecular formula is C35H38N4O6S4. The van der Waals surface area contributed by atoms with Crippen LogP contribution in [-0.2, 0) is 41.5 Å². The van der Waals surface area contributed by atoms with E-state index in [2.05, 4.69) is 26.1 Å². The third-order valence-corrected chi connectivity index (χ3v) is 12.0. The first-order valence-corrected chi connectivity index (χ1v) is 19.0. The molecule has 2 fully saturated rings. The fraction of sp³-hybridized carbons (Fsp3) is 0.371. The Balaban J connectivity index is 0.000000266. The average Bonchev–Trinajstić information content (AvgIpc) is 3.89. The predicted molar refractivity (Wildman–Crippen MR) is 195 cm³/mol. The van der Waals surface area contributed by atoms with Gasteiger partial charge in [0.2, 0.25) is 11.8 Å². The molecule has 2 aromatic rings. The molecule has 0 radical (unpaired) electrons. The van der Waals surface area contributed by atoms with Crippen molar-refractivity contribution in [3.05, 3.63) is 90.8 Å². The largest absolute Gasteiger partial charge is 0.457 e. The molecule has 0 aromatic carbocycles. The van der Waals surface area contributed by atoms with Crippen LogP contribution in [0.1, 0.15) is 42.0 Å². The third-order valence-electron chi connectivity index (χ3n) is 7.27. The van der Waals surface area contributed by atoms with E-state index in [9.17, 15) is 29.7 Å². The van der Waals surface area contributed by atoms with Gasteiger partial charge >= 0.3 is 11.9 Å². The second kappa shape index (κ2) is 19.8. The quantitative estimate of drug-likeness (QED) is 0.0910. The molecule has 2 amide bonds. The second-order valence-corrected chi connectivity index (χ2v) is 14.8. The normalized spacial score (nSPS) is 19.0. The summed E-state index contributed by atoms with van der Waals surface area (Å²) in [4.78, 5) is 54.8.